The summed E-state index contributed by atoms with van der Waals surface area (Å²) in [4.78, 5) is 28.8. The minimum atomic E-state index is -0.339. The van der Waals surface area contributed by atoms with Gasteiger partial charge in [0.05, 0.1) is 6.54 Å². The SMILES string of the molecule is CC(C)NCC(=O)NCC(=O)O[C@H]1CC[C@@]2(C)C(=CC[C@@H]3C2CC[C@]2(C)C(c4cccnc4)=CCC32)C1.CCC.[HH].[HH].[HH].[HH]. The monoisotopic (exact) mass is 557 g/mol. The number of nitrogens with one attached hydrogen (secondary N) is 2. The molecule has 6 atom stereocenters. The van der Waals surface area contributed by atoms with Crippen molar-refractivity contribution in [3.63, 3.8) is 0 Å². The smallest absolute Gasteiger partial charge is 0.325 e. The van der Waals surface area contributed by atoms with E-state index < -0.39 is 0 Å². The third-order valence-electron chi connectivity index (χ3n) is 10.0. The molecule has 1 aromatic rings. The van der Waals surface area contributed by atoms with Gasteiger partial charge in [-0.2, -0.15) is 0 Å². The van der Waals surface area contributed by atoms with Crippen LogP contribution in [0.3, 0.4) is 0 Å². The van der Waals surface area contributed by atoms with Crippen molar-refractivity contribution in [3.05, 3.63) is 47.8 Å². The van der Waals surface area contributed by atoms with E-state index in [1.54, 1.807) is 0 Å². The van der Waals surface area contributed by atoms with Crippen LogP contribution in [0.1, 0.15) is 104 Å². The molecule has 6 heteroatoms. The van der Waals surface area contributed by atoms with E-state index in [0.717, 1.165) is 25.7 Å². The Kier molecular flexibility index (Phi) is 9.92. The second-order valence-electron chi connectivity index (χ2n) is 13.2. The van der Waals surface area contributed by atoms with Crippen LogP contribution in [0.15, 0.2) is 42.3 Å². The number of pyridine rings is 1. The van der Waals surface area contributed by atoms with Gasteiger partial charge < -0.3 is 15.4 Å². The second-order valence-corrected chi connectivity index (χ2v) is 13.2. The number of esters is 1. The summed E-state index contributed by atoms with van der Waals surface area (Å²) < 4.78 is 5.82. The molecule has 0 aliphatic heterocycles. The molecule has 228 valence electrons. The lowest BCUT2D eigenvalue weighted by Gasteiger charge is -2.57. The molecule has 2 fully saturated rings. The van der Waals surface area contributed by atoms with Crippen molar-refractivity contribution in [1.82, 2.24) is 15.6 Å². The lowest BCUT2D eigenvalue weighted by Crippen LogP contribution is -2.50. The number of rotatable bonds is 7. The summed E-state index contributed by atoms with van der Waals surface area (Å²) in [5.41, 5.74) is 4.71. The predicted octanol–water partition coefficient (Wildman–Crippen LogP) is 7.46. The van der Waals surface area contributed by atoms with Crippen molar-refractivity contribution in [1.29, 1.82) is 0 Å². The highest BCUT2D eigenvalue weighted by atomic mass is 16.5. The van der Waals surface area contributed by atoms with Crippen molar-refractivity contribution >= 4 is 17.4 Å². The Balaban J connectivity index is 0.00000254. The third-order valence-corrected chi connectivity index (χ3v) is 10.0. The summed E-state index contributed by atoms with van der Waals surface area (Å²) in [6.45, 7) is 13.3. The molecule has 1 aromatic heterocycles. The number of allylic oxidation sites excluding steroid dienone is 3. The van der Waals surface area contributed by atoms with Gasteiger partial charge in [-0.05, 0) is 84.3 Å². The second kappa shape index (κ2) is 13.0. The molecule has 40 heavy (non-hydrogen) atoms. The van der Waals surface area contributed by atoms with E-state index >= 15 is 0 Å². The fourth-order valence-electron chi connectivity index (χ4n) is 8.02. The highest BCUT2D eigenvalue weighted by molar-refractivity contribution is 5.83. The van der Waals surface area contributed by atoms with Gasteiger partial charge in [0.2, 0.25) is 5.91 Å². The molecule has 0 saturated heterocycles. The Morgan fingerprint density at radius 3 is 2.52 bits per heavy atom. The van der Waals surface area contributed by atoms with Crippen LogP contribution < -0.4 is 10.6 Å². The third kappa shape index (κ3) is 6.37. The summed E-state index contributed by atoms with van der Waals surface area (Å²) >= 11 is 0. The highest BCUT2D eigenvalue weighted by Crippen LogP contribution is 2.66. The predicted molar refractivity (Wildman–Crippen MR) is 170 cm³/mol. The molecule has 2 unspecified atom stereocenters. The van der Waals surface area contributed by atoms with Crippen molar-refractivity contribution in [2.75, 3.05) is 13.1 Å². The number of ether oxygens (including phenoxy) is 1. The average molecular weight is 558 g/mol. The van der Waals surface area contributed by atoms with Crippen LogP contribution in [0.25, 0.3) is 5.57 Å². The number of hydrogen-bond donors (Lipinski definition) is 2. The number of aromatic nitrogens is 1. The van der Waals surface area contributed by atoms with Gasteiger partial charge in [0.1, 0.15) is 12.6 Å². The van der Waals surface area contributed by atoms with E-state index in [0.29, 0.717) is 17.8 Å². The molecule has 4 aliphatic rings. The molecular formula is C34H59N3O3. The average Bonchev–Trinajstić information content (AvgIpc) is 3.29. The van der Waals surface area contributed by atoms with Crippen LogP contribution in [-0.2, 0) is 14.3 Å². The molecule has 0 aromatic carbocycles. The molecule has 2 N–H and O–H groups in total. The quantitative estimate of drug-likeness (QED) is 0.269. The fourth-order valence-corrected chi connectivity index (χ4v) is 8.02. The normalized spacial score (nSPS) is 32.4. The van der Waals surface area contributed by atoms with Gasteiger partial charge in [0.25, 0.3) is 0 Å². The van der Waals surface area contributed by atoms with Gasteiger partial charge in [-0.1, -0.05) is 71.8 Å². The molecule has 6 nitrogen and oxygen atoms in total. The van der Waals surface area contributed by atoms with Gasteiger partial charge in [-0.25, -0.2) is 0 Å². The highest BCUT2D eigenvalue weighted by Gasteiger charge is 2.57. The Morgan fingerprint density at radius 2 is 1.82 bits per heavy atom. The standard InChI is InChI=1S/C31H43N3O3.C3H8.4H2/c1-20(2)33-18-28(35)34-19-29(36)37-23-11-13-30(3)22(16-23)7-8-24-26-10-9-25(21-6-5-15-32-17-21)31(26,4)14-12-27(24)30;1-3-2;;;;/h5-7,9,15,17,20,23-24,26-27,33H,8,10-14,16,18-19H2,1-4H3,(H,34,35);3H2,1-2H3;4*1H/t23-,24-,26?,27?,30-,31+;;;;;/m0...../s1. The van der Waals surface area contributed by atoms with E-state index in [1.165, 1.54) is 42.4 Å². The number of carbonyl (C=O) groups excluding carboxylic acids is 2. The number of amides is 1. The van der Waals surface area contributed by atoms with Crippen molar-refractivity contribution in [3.8, 4) is 0 Å². The first-order valence-corrected chi connectivity index (χ1v) is 15.6. The van der Waals surface area contributed by atoms with Crippen LogP contribution in [0.4, 0.5) is 0 Å². The Hall–Kier alpha value is -2.47. The number of hydrogen-bond acceptors (Lipinski definition) is 5. The molecule has 1 amide bonds. The fraction of sp³-hybridized carbons (Fsp3) is 0.676. The van der Waals surface area contributed by atoms with Crippen LogP contribution in [0, 0.1) is 28.6 Å². The first kappa shape index (κ1) is 30.5. The zero-order chi connectivity index (χ0) is 28.9. The first-order valence-electron chi connectivity index (χ1n) is 15.6. The van der Waals surface area contributed by atoms with E-state index in [2.05, 4.69) is 67.6 Å². The molecule has 0 spiro atoms. The Labute approximate surface area is 247 Å². The Morgan fingerprint density at radius 1 is 1.07 bits per heavy atom. The lowest BCUT2D eigenvalue weighted by atomic mass is 9.47. The van der Waals surface area contributed by atoms with E-state index in [-0.39, 0.29) is 53.6 Å². The zero-order valence-electron chi connectivity index (χ0n) is 25.6. The summed E-state index contributed by atoms with van der Waals surface area (Å²) in [5.74, 6) is 1.55. The lowest BCUT2D eigenvalue weighted by molar-refractivity contribution is -0.151. The zero-order valence-corrected chi connectivity index (χ0v) is 25.6. The summed E-state index contributed by atoms with van der Waals surface area (Å²) in [5, 5.41) is 5.73. The largest absolute Gasteiger partial charge is 0.461 e. The maximum absolute atomic E-state index is 12.4. The van der Waals surface area contributed by atoms with Crippen LogP contribution in [0.2, 0.25) is 0 Å². The van der Waals surface area contributed by atoms with E-state index in [4.69, 9.17) is 4.74 Å². The van der Waals surface area contributed by atoms with Crippen molar-refractivity contribution < 1.29 is 20.0 Å². The minimum absolute atomic E-state index is 0. The maximum atomic E-state index is 12.4. The van der Waals surface area contributed by atoms with Gasteiger partial charge in [-0.15, -0.1) is 0 Å². The van der Waals surface area contributed by atoms with E-state index in [9.17, 15) is 9.59 Å². The number of nitrogens with zero attached hydrogens (tertiary/aromatic N) is 1. The molecule has 0 bridgehead atoms. The van der Waals surface area contributed by atoms with Gasteiger partial charge in [0.15, 0.2) is 0 Å². The van der Waals surface area contributed by atoms with Gasteiger partial charge in [-0.3, -0.25) is 14.6 Å². The van der Waals surface area contributed by atoms with Gasteiger partial charge >= 0.3 is 5.97 Å². The first-order chi connectivity index (χ1) is 19.1. The van der Waals surface area contributed by atoms with Gasteiger partial charge in [0, 0.05) is 30.6 Å². The minimum Gasteiger partial charge on any atom is -0.461 e. The summed E-state index contributed by atoms with van der Waals surface area (Å²) in [7, 11) is 0. The van der Waals surface area contributed by atoms with Crippen LogP contribution in [-0.4, -0.2) is 42.1 Å². The van der Waals surface area contributed by atoms with Crippen molar-refractivity contribution in [2.24, 2.45) is 28.6 Å². The van der Waals surface area contributed by atoms with E-state index in [1.807, 2.05) is 26.2 Å². The maximum Gasteiger partial charge on any atom is 0.325 e. The summed E-state index contributed by atoms with van der Waals surface area (Å²) in [6.07, 6.45) is 17.6. The van der Waals surface area contributed by atoms with Crippen LogP contribution >= 0.6 is 0 Å². The number of fused-ring (bicyclic) bond motifs is 5. The molecule has 1 heterocycles. The molecule has 5 rings (SSSR count). The topological polar surface area (TPSA) is 80.3 Å². The number of carbonyl (C=O) groups is 2. The molecule has 4 aliphatic carbocycles. The summed E-state index contributed by atoms with van der Waals surface area (Å²) in [6, 6.07) is 4.50. The molecule has 0 radical (unpaired) electrons. The molecule has 2 saturated carbocycles. The molecular weight excluding hydrogens is 498 g/mol. The van der Waals surface area contributed by atoms with Crippen LogP contribution in [0.5, 0.6) is 0 Å². The Bertz CT molecular complexity index is 1120. The van der Waals surface area contributed by atoms with Crippen molar-refractivity contribution in [2.45, 2.75) is 105 Å².